The second-order valence-electron chi connectivity index (χ2n) is 5.33. The Bertz CT molecular complexity index is 542. The highest BCUT2D eigenvalue weighted by atomic mass is 32.2. The lowest BCUT2D eigenvalue weighted by Gasteiger charge is -2.09. The lowest BCUT2D eigenvalue weighted by atomic mass is 10.1. The summed E-state index contributed by atoms with van der Waals surface area (Å²) in [5, 5.41) is 3.43. The molecule has 0 aromatic heterocycles. The van der Waals surface area contributed by atoms with Crippen molar-refractivity contribution in [2.24, 2.45) is 0 Å². The first kappa shape index (κ1) is 16.4. The highest BCUT2D eigenvalue weighted by Crippen LogP contribution is 2.19. The zero-order valence-electron chi connectivity index (χ0n) is 12.5. The number of rotatable bonds is 10. The fourth-order valence-electron chi connectivity index (χ4n) is 2.06. The van der Waals surface area contributed by atoms with E-state index in [-0.39, 0.29) is 5.75 Å². The summed E-state index contributed by atoms with van der Waals surface area (Å²) in [6.45, 7) is 4.00. The molecule has 0 unspecified atom stereocenters. The molecule has 1 aliphatic carbocycles. The van der Waals surface area contributed by atoms with E-state index in [2.05, 4.69) is 10.0 Å². The van der Waals surface area contributed by atoms with Gasteiger partial charge >= 0.3 is 0 Å². The first-order valence-corrected chi connectivity index (χ1v) is 9.10. The Labute approximate surface area is 127 Å². The molecule has 1 aromatic carbocycles. The Kier molecular flexibility index (Phi) is 6.17. The van der Waals surface area contributed by atoms with E-state index < -0.39 is 10.0 Å². The minimum Gasteiger partial charge on any atom is -0.380 e. The zero-order chi connectivity index (χ0) is 15.1. The Morgan fingerprint density at radius 3 is 2.76 bits per heavy atom. The van der Waals surface area contributed by atoms with Crippen LogP contribution in [-0.4, -0.2) is 34.2 Å². The Hall–Kier alpha value is -0.950. The number of ether oxygens (including phenoxy) is 1. The van der Waals surface area contributed by atoms with Crippen molar-refractivity contribution in [3.05, 3.63) is 35.4 Å². The molecule has 1 aromatic rings. The molecule has 0 heterocycles. The van der Waals surface area contributed by atoms with Gasteiger partial charge in [-0.3, -0.25) is 0 Å². The summed E-state index contributed by atoms with van der Waals surface area (Å²) in [5.74, 6) is 0.0103. The van der Waals surface area contributed by atoms with Gasteiger partial charge < -0.3 is 10.1 Å². The van der Waals surface area contributed by atoms with Crippen LogP contribution < -0.4 is 10.0 Å². The summed E-state index contributed by atoms with van der Waals surface area (Å²) in [6, 6.07) is 8.39. The van der Waals surface area contributed by atoms with Crippen LogP contribution in [0.15, 0.2) is 24.3 Å². The average Bonchev–Trinajstić information content (AvgIpc) is 3.26. The number of hydrogen-bond donors (Lipinski definition) is 2. The maximum absolute atomic E-state index is 12.0. The van der Waals surface area contributed by atoms with Crippen LogP contribution in [0.4, 0.5) is 0 Å². The van der Waals surface area contributed by atoms with Crippen LogP contribution >= 0.6 is 0 Å². The van der Waals surface area contributed by atoms with E-state index in [1.807, 2.05) is 31.2 Å². The molecular formula is C15H24N2O3S. The van der Waals surface area contributed by atoms with Crippen LogP contribution in [-0.2, 0) is 27.1 Å². The average molecular weight is 312 g/mol. The molecule has 0 atom stereocenters. The SMILES string of the molecule is CCOCCNS(=O)(=O)Cc1cccc(CNC2CC2)c1. The summed E-state index contributed by atoms with van der Waals surface area (Å²) < 4.78 is 31.6. The summed E-state index contributed by atoms with van der Waals surface area (Å²) in [6.07, 6.45) is 2.50. The maximum Gasteiger partial charge on any atom is 0.215 e. The molecule has 2 N–H and O–H groups in total. The monoisotopic (exact) mass is 312 g/mol. The minimum absolute atomic E-state index is 0.0103. The Balaban J connectivity index is 1.83. The molecule has 0 radical (unpaired) electrons. The van der Waals surface area contributed by atoms with Crippen LogP contribution in [0.5, 0.6) is 0 Å². The fraction of sp³-hybridized carbons (Fsp3) is 0.600. The minimum atomic E-state index is -3.30. The van der Waals surface area contributed by atoms with Gasteiger partial charge in [-0.2, -0.15) is 0 Å². The van der Waals surface area contributed by atoms with Gasteiger partial charge in [0.1, 0.15) is 0 Å². The van der Waals surface area contributed by atoms with E-state index in [9.17, 15) is 8.42 Å². The van der Waals surface area contributed by atoms with Crippen molar-refractivity contribution < 1.29 is 13.2 Å². The summed E-state index contributed by atoms with van der Waals surface area (Å²) >= 11 is 0. The number of benzene rings is 1. The van der Waals surface area contributed by atoms with E-state index in [1.54, 1.807) is 0 Å². The molecule has 0 amide bonds. The molecular weight excluding hydrogens is 288 g/mol. The summed E-state index contributed by atoms with van der Waals surface area (Å²) in [7, 11) is -3.30. The second kappa shape index (κ2) is 7.89. The van der Waals surface area contributed by atoms with Crippen LogP contribution in [0.1, 0.15) is 30.9 Å². The van der Waals surface area contributed by atoms with E-state index in [1.165, 1.54) is 12.8 Å². The van der Waals surface area contributed by atoms with Crippen LogP contribution in [0.25, 0.3) is 0 Å². The van der Waals surface area contributed by atoms with Crippen molar-refractivity contribution in [2.75, 3.05) is 19.8 Å². The van der Waals surface area contributed by atoms with Gasteiger partial charge in [-0.15, -0.1) is 0 Å². The number of nitrogens with one attached hydrogen (secondary N) is 2. The van der Waals surface area contributed by atoms with Gasteiger partial charge in [-0.1, -0.05) is 24.3 Å². The van der Waals surface area contributed by atoms with Crippen molar-refractivity contribution in [1.82, 2.24) is 10.0 Å². The van der Waals surface area contributed by atoms with Crippen LogP contribution in [0.3, 0.4) is 0 Å². The molecule has 1 saturated carbocycles. The first-order chi connectivity index (χ1) is 10.1. The van der Waals surface area contributed by atoms with Gasteiger partial charge in [-0.25, -0.2) is 13.1 Å². The highest BCUT2D eigenvalue weighted by Gasteiger charge is 2.20. The Morgan fingerprint density at radius 1 is 1.29 bits per heavy atom. The summed E-state index contributed by atoms with van der Waals surface area (Å²) in [4.78, 5) is 0. The molecule has 118 valence electrons. The molecule has 0 spiro atoms. The molecule has 6 heteroatoms. The fourth-order valence-corrected chi connectivity index (χ4v) is 3.18. The molecule has 2 rings (SSSR count). The third-order valence-electron chi connectivity index (χ3n) is 3.29. The molecule has 21 heavy (non-hydrogen) atoms. The maximum atomic E-state index is 12.0. The predicted octanol–water partition coefficient (Wildman–Crippen LogP) is 1.39. The normalized spacial score (nSPS) is 15.3. The van der Waals surface area contributed by atoms with Gasteiger partial charge in [-0.05, 0) is 30.9 Å². The number of hydrogen-bond acceptors (Lipinski definition) is 4. The third-order valence-corrected chi connectivity index (χ3v) is 4.65. The quantitative estimate of drug-likeness (QED) is 0.641. The Morgan fingerprint density at radius 2 is 2.05 bits per heavy atom. The van der Waals surface area contributed by atoms with Gasteiger partial charge in [0.25, 0.3) is 0 Å². The van der Waals surface area contributed by atoms with E-state index in [0.29, 0.717) is 25.8 Å². The van der Waals surface area contributed by atoms with Crippen LogP contribution in [0, 0.1) is 0 Å². The predicted molar refractivity (Wildman–Crippen MR) is 83.4 cm³/mol. The molecule has 5 nitrogen and oxygen atoms in total. The van der Waals surface area contributed by atoms with E-state index in [4.69, 9.17) is 4.74 Å². The van der Waals surface area contributed by atoms with E-state index >= 15 is 0 Å². The van der Waals surface area contributed by atoms with Gasteiger partial charge in [0.15, 0.2) is 0 Å². The van der Waals surface area contributed by atoms with Crippen molar-refractivity contribution in [2.45, 2.75) is 38.1 Å². The number of sulfonamides is 1. The van der Waals surface area contributed by atoms with Crippen LogP contribution in [0.2, 0.25) is 0 Å². The standard InChI is InChI=1S/C15H24N2O3S/c1-2-20-9-8-17-21(18,19)12-14-5-3-4-13(10-14)11-16-15-6-7-15/h3-5,10,15-17H,2,6-9,11-12H2,1H3. The molecule has 0 bridgehead atoms. The van der Waals surface area contributed by atoms with Crippen molar-refractivity contribution >= 4 is 10.0 Å². The lowest BCUT2D eigenvalue weighted by molar-refractivity contribution is 0.153. The van der Waals surface area contributed by atoms with E-state index in [0.717, 1.165) is 17.7 Å². The molecule has 1 fully saturated rings. The molecule has 0 saturated heterocycles. The third kappa shape index (κ3) is 6.56. The molecule has 0 aliphatic heterocycles. The smallest absolute Gasteiger partial charge is 0.215 e. The van der Waals surface area contributed by atoms with Crippen molar-refractivity contribution in [3.8, 4) is 0 Å². The van der Waals surface area contributed by atoms with Gasteiger partial charge in [0.2, 0.25) is 10.0 Å². The van der Waals surface area contributed by atoms with Crippen molar-refractivity contribution in [1.29, 1.82) is 0 Å². The topological polar surface area (TPSA) is 67.4 Å². The largest absolute Gasteiger partial charge is 0.380 e. The lowest BCUT2D eigenvalue weighted by Crippen LogP contribution is -2.28. The summed E-state index contributed by atoms with van der Waals surface area (Å²) in [5.41, 5.74) is 1.94. The second-order valence-corrected chi connectivity index (χ2v) is 7.13. The first-order valence-electron chi connectivity index (χ1n) is 7.45. The zero-order valence-corrected chi connectivity index (χ0v) is 13.3. The molecule has 1 aliphatic rings. The van der Waals surface area contributed by atoms with Gasteiger partial charge in [0, 0.05) is 25.7 Å². The van der Waals surface area contributed by atoms with Gasteiger partial charge in [0.05, 0.1) is 12.4 Å². The van der Waals surface area contributed by atoms with Crippen molar-refractivity contribution in [3.63, 3.8) is 0 Å². The highest BCUT2D eigenvalue weighted by molar-refractivity contribution is 7.88.